The summed E-state index contributed by atoms with van der Waals surface area (Å²) in [6, 6.07) is 12.4. The third-order valence-electron chi connectivity index (χ3n) is 3.30. The molecule has 2 aromatic carbocycles. The SMILES string of the molecule is OC(Cc1csc2ccccc12)c1ccc(Cl)cc1F. The van der Waals surface area contributed by atoms with E-state index in [1.54, 1.807) is 17.4 Å². The molecule has 1 unspecified atom stereocenters. The van der Waals surface area contributed by atoms with Crippen LogP contribution >= 0.6 is 22.9 Å². The van der Waals surface area contributed by atoms with Gasteiger partial charge in [-0.15, -0.1) is 11.3 Å². The molecule has 0 amide bonds. The molecule has 1 aromatic heterocycles. The molecule has 1 heterocycles. The molecule has 1 N–H and O–H groups in total. The number of hydrogen-bond donors (Lipinski definition) is 1. The Bertz CT molecular complexity index is 753. The van der Waals surface area contributed by atoms with Gasteiger partial charge < -0.3 is 5.11 Å². The quantitative estimate of drug-likeness (QED) is 0.724. The van der Waals surface area contributed by atoms with Gasteiger partial charge in [-0.2, -0.15) is 0 Å². The van der Waals surface area contributed by atoms with Gasteiger partial charge in [0.1, 0.15) is 5.82 Å². The van der Waals surface area contributed by atoms with Gasteiger partial charge in [-0.3, -0.25) is 0 Å². The first-order valence-electron chi connectivity index (χ1n) is 6.23. The van der Waals surface area contributed by atoms with E-state index in [0.29, 0.717) is 11.4 Å². The van der Waals surface area contributed by atoms with Crippen molar-refractivity contribution < 1.29 is 9.50 Å². The first kappa shape index (κ1) is 13.6. The van der Waals surface area contributed by atoms with Crippen molar-refractivity contribution >= 4 is 33.0 Å². The Kier molecular flexibility index (Phi) is 3.74. The molecule has 1 nitrogen and oxygen atoms in total. The van der Waals surface area contributed by atoms with E-state index >= 15 is 0 Å². The van der Waals surface area contributed by atoms with Crippen LogP contribution < -0.4 is 0 Å². The van der Waals surface area contributed by atoms with Gasteiger partial charge in [-0.05, 0) is 34.5 Å². The van der Waals surface area contributed by atoms with Crippen molar-refractivity contribution in [1.29, 1.82) is 0 Å². The Labute approximate surface area is 125 Å². The van der Waals surface area contributed by atoms with E-state index in [4.69, 9.17) is 11.6 Å². The molecular weight excluding hydrogens is 295 g/mol. The Hall–Kier alpha value is -1.42. The largest absolute Gasteiger partial charge is 0.388 e. The zero-order valence-corrected chi connectivity index (χ0v) is 12.1. The van der Waals surface area contributed by atoms with Crippen LogP contribution in [-0.4, -0.2) is 5.11 Å². The fraction of sp³-hybridized carbons (Fsp3) is 0.125. The van der Waals surface area contributed by atoms with Gasteiger partial charge in [-0.25, -0.2) is 4.39 Å². The van der Waals surface area contributed by atoms with Gasteiger partial charge in [0.05, 0.1) is 6.10 Å². The van der Waals surface area contributed by atoms with E-state index in [1.165, 1.54) is 16.8 Å². The van der Waals surface area contributed by atoms with Crippen LogP contribution in [0.15, 0.2) is 47.8 Å². The summed E-state index contributed by atoms with van der Waals surface area (Å²) in [5.74, 6) is -0.468. The van der Waals surface area contributed by atoms with E-state index in [1.807, 2.05) is 29.6 Å². The van der Waals surface area contributed by atoms with Crippen LogP contribution in [0.5, 0.6) is 0 Å². The second-order valence-corrected chi connectivity index (χ2v) is 5.99. The van der Waals surface area contributed by atoms with E-state index in [9.17, 15) is 9.50 Å². The molecule has 0 aliphatic carbocycles. The third-order valence-corrected chi connectivity index (χ3v) is 4.54. The number of hydrogen-bond acceptors (Lipinski definition) is 2. The zero-order valence-electron chi connectivity index (χ0n) is 10.5. The Morgan fingerprint density at radius 3 is 2.80 bits per heavy atom. The normalized spacial score (nSPS) is 12.8. The van der Waals surface area contributed by atoms with Crippen molar-refractivity contribution in [1.82, 2.24) is 0 Å². The van der Waals surface area contributed by atoms with Crippen molar-refractivity contribution in [3.05, 3.63) is 69.8 Å². The molecule has 0 aliphatic rings. The molecule has 1 atom stereocenters. The lowest BCUT2D eigenvalue weighted by molar-refractivity contribution is 0.174. The van der Waals surface area contributed by atoms with E-state index < -0.39 is 11.9 Å². The van der Waals surface area contributed by atoms with Crippen molar-refractivity contribution in [2.75, 3.05) is 0 Å². The first-order chi connectivity index (χ1) is 9.65. The van der Waals surface area contributed by atoms with E-state index in [0.717, 1.165) is 10.9 Å². The van der Waals surface area contributed by atoms with Gasteiger partial charge in [-0.1, -0.05) is 35.9 Å². The van der Waals surface area contributed by atoms with Crippen LogP contribution in [0.1, 0.15) is 17.2 Å². The molecule has 4 heteroatoms. The lowest BCUT2D eigenvalue weighted by Gasteiger charge is -2.11. The van der Waals surface area contributed by atoms with Gasteiger partial charge >= 0.3 is 0 Å². The average molecular weight is 307 g/mol. The fourth-order valence-corrected chi connectivity index (χ4v) is 3.42. The molecule has 0 fully saturated rings. The summed E-state index contributed by atoms with van der Waals surface area (Å²) in [5, 5.41) is 13.7. The molecule has 0 radical (unpaired) electrons. The summed E-state index contributed by atoms with van der Waals surface area (Å²) < 4.78 is 15.0. The van der Waals surface area contributed by atoms with Gasteiger partial charge in [0.15, 0.2) is 0 Å². The molecule has 0 saturated carbocycles. The predicted molar refractivity (Wildman–Crippen MR) is 81.9 cm³/mol. The number of benzene rings is 2. The number of fused-ring (bicyclic) bond motifs is 1. The highest BCUT2D eigenvalue weighted by molar-refractivity contribution is 7.17. The minimum Gasteiger partial charge on any atom is -0.388 e. The topological polar surface area (TPSA) is 20.2 Å². The molecular formula is C16H12ClFOS. The molecule has 3 rings (SSSR count). The number of aliphatic hydroxyl groups excluding tert-OH is 1. The highest BCUT2D eigenvalue weighted by atomic mass is 35.5. The highest BCUT2D eigenvalue weighted by Crippen LogP contribution is 2.30. The number of halogens is 2. The summed E-state index contributed by atoms with van der Waals surface area (Å²) in [4.78, 5) is 0. The minimum atomic E-state index is -0.870. The van der Waals surface area contributed by atoms with Gasteiger partial charge in [0, 0.05) is 21.7 Å². The highest BCUT2D eigenvalue weighted by Gasteiger charge is 2.15. The van der Waals surface area contributed by atoms with Gasteiger partial charge in [0.2, 0.25) is 0 Å². The predicted octanol–water partition coefficient (Wildman–Crippen LogP) is 4.97. The Morgan fingerprint density at radius 1 is 1.20 bits per heavy atom. The van der Waals surface area contributed by atoms with Crippen LogP contribution in [-0.2, 0) is 6.42 Å². The average Bonchev–Trinajstić information content (AvgIpc) is 2.82. The molecule has 0 bridgehead atoms. The second kappa shape index (κ2) is 5.52. The van der Waals surface area contributed by atoms with Crippen molar-refractivity contribution in [2.45, 2.75) is 12.5 Å². The van der Waals surface area contributed by atoms with Crippen molar-refractivity contribution in [3.8, 4) is 0 Å². The Balaban J connectivity index is 1.90. The maximum atomic E-state index is 13.8. The molecule has 3 aromatic rings. The number of rotatable bonds is 3. The lowest BCUT2D eigenvalue weighted by Crippen LogP contribution is -2.04. The van der Waals surface area contributed by atoms with Crippen LogP contribution in [0.25, 0.3) is 10.1 Å². The molecule has 0 saturated heterocycles. The molecule has 0 aliphatic heterocycles. The van der Waals surface area contributed by atoms with E-state index in [2.05, 4.69) is 0 Å². The number of thiophene rings is 1. The summed E-state index contributed by atoms with van der Waals surface area (Å²) >= 11 is 7.35. The van der Waals surface area contributed by atoms with Gasteiger partial charge in [0.25, 0.3) is 0 Å². The summed E-state index contributed by atoms with van der Waals surface area (Å²) in [7, 11) is 0. The monoisotopic (exact) mass is 306 g/mol. The number of aliphatic hydroxyl groups is 1. The molecule has 20 heavy (non-hydrogen) atoms. The third kappa shape index (κ3) is 2.57. The van der Waals surface area contributed by atoms with Crippen LogP contribution in [0, 0.1) is 5.82 Å². The van der Waals surface area contributed by atoms with E-state index in [-0.39, 0.29) is 5.56 Å². The summed E-state index contributed by atoms with van der Waals surface area (Å²) in [5.41, 5.74) is 1.32. The first-order valence-corrected chi connectivity index (χ1v) is 7.49. The van der Waals surface area contributed by atoms with Crippen LogP contribution in [0.3, 0.4) is 0 Å². The van der Waals surface area contributed by atoms with Crippen LogP contribution in [0.2, 0.25) is 5.02 Å². The zero-order chi connectivity index (χ0) is 14.1. The maximum absolute atomic E-state index is 13.8. The second-order valence-electron chi connectivity index (χ2n) is 4.64. The van der Waals surface area contributed by atoms with Crippen LogP contribution in [0.4, 0.5) is 4.39 Å². The summed E-state index contributed by atoms with van der Waals surface area (Å²) in [6.45, 7) is 0. The van der Waals surface area contributed by atoms with Crippen molar-refractivity contribution in [3.63, 3.8) is 0 Å². The van der Waals surface area contributed by atoms with Crippen molar-refractivity contribution in [2.24, 2.45) is 0 Å². The molecule has 0 spiro atoms. The Morgan fingerprint density at radius 2 is 2.00 bits per heavy atom. The molecule has 102 valence electrons. The fourth-order valence-electron chi connectivity index (χ4n) is 2.28. The maximum Gasteiger partial charge on any atom is 0.130 e. The smallest absolute Gasteiger partial charge is 0.130 e. The summed E-state index contributed by atoms with van der Waals surface area (Å²) in [6.07, 6.45) is -0.479. The standard InChI is InChI=1S/C16H12ClFOS/c17-11-5-6-13(14(18)8-11)15(19)7-10-9-20-16-4-2-1-3-12(10)16/h1-6,8-9,15,19H,7H2. The lowest BCUT2D eigenvalue weighted by atomic mass is 10.0. The minimum absolute atomic E-state index is 0.282.